The van der Waals surface area contributed by atoms with E-state index in [-0.39, 0.29) is 0 Å². The lowest BCUT2D eigenvalue weighted by Crippen LogP contribution is -2.37. The van der Waals surface area contributed by atoms with E-state index in [1.807, 2.05) is 26.2 Å². The summed E-state index contributed by atoms with van der Waals surface area (Å²) < 4.78 is 0. The molecule has 0 unspecified atom stereocenters. The second-order valence-electron chi connectivity index (χ2n) is 1.49. The van der Waals surface area contributed by atoms with Crippen molar-refractivity contribution in [3.05, 3.63) is 0 Å². The molecule has 3 heteroatoms. The van der Waals surface area contributed by atoms with E-state index >= 15 is 0 Å². The first-order chi connectivity index (χ1) is 3.18. The van der Waals surface area contributed by atoms with Crippen molar-refractivity contribution < 1.29 is 4.84 Å². The van der Waals surface area contributed by atoms with Gasteiger partial charge in [0.25, 0.3) is 0 Å². The van der Waals surface area contributed by atoms with Crippen LogP contribution < -0.4 is 5.17 Å². The van der Waals surface area contributed by atoms with Crippen molar-refractivity contribution in [2.75, 3.05) is 28.3 Å². The molecule has 0 N–H and O–H groups in total. The van der Waals surface area contributed by atoms with E-state index in [0.29, 0.717) is 0 Å². The van der Waals surface area contributed by atoms with Crippen LogP contribution in [0.1, 0.15) is 0 Å². The van der Waals surface area contributed by atoms with Crippen LogP contribution in [0, 0.1) is 0 Å². The molecule has 0 aliphatic rings. The molecule has 0 atom stereocenters. The highest BCUT2D eigenvalue weighted by Gasteiger charge is 2.07. The molecule has 1 radical (unpaired) electrons. The predicted octanol–water partition coefficient (Wildman–Crippen LogP) is -0.206. The number of hydrogen-bond acceptors (Lipinski definition) is 3. The fraction of sp³-hybridized carbons (Fsp3) is 1.00. The predicted molar refractivity (Wildman–Crippen MR) is 28.8 cm³/mol. The Balaban J connectivity index is 3.14. The van der Waals surface area contributed by atoms with Crippen molar-refractivity contribution in [2.45, 2.75) is 0 Å². The maximum absolute atomic E-state index is 4.77. The molecule has 3 nitrogen and oxygen atoms in total. The SMILES string of the molecule is CO[N+](C)N(C)C. The van der Waals surface area contributed by atoms with Gasteiger partial charge in [-0.25, -0.2) is 0 Å². The summed E-state index contributed by atoms with van der Waals surface area (Å²) in [4.78, 5) is 4.77. The Hall–Kier alpha value is -0.120. The molecule has 0 fully saturated rings. The summed E-state index contributed by atoms with van der Waals surface area (Å²) in [5.74, 6) is 0. The lowest BCUT2D eigenvalue weighted by Gasteiger charge is -2.04. The summed E-state index contributed by atoms with van der Waals surface area (Å²) in [6.45, 7) is 0. The molecule has 0 amide bonds. The summed E-state index contributed by atoms with van der Waals surface area (Å²) >= 11 is 0. The normalized spacial score (nSPS) is 11.1. The summed E-state index contributed by atoms with van der Waals surface area (Å²) in [5, 5.41) is 3.46. The lowest BCUT2D eigenvalue weighted by molar-refractivity contribution is -0.135. The molecule has 0 bridgehead atoms. The second kappa shape index (κ2) is 2.96. The third kappa shape index (κ3) is 2.56. The topological polar surface area (TPSA) is 18.4 Å². The summed E-state index contributed by atoms with van der Waals surface area (Å²) in [6.07, 6.45) is 0. The van der Waals surface area contributed by atoms with Crippen LogP contribution in [-0.4, -0.2) is 33.3 Å². The molecular weight excluding hydrogens is 92.1 g/mol. The third-order valence-electron chi connectivity index (χ3n) is 0.828. The van der Waals surface area contributed by atoms with Gasteiger partial charge in [-0.2, -0.15) is 0 Å². The van der Waals surface area contributed by atoms with Crippen molar-refractivity contribution in [2.24, 2.45) is 0 Å². The minimum atomic E-state index is 1.62. The van der Waals surface area contributed by atoms with E-state index in [1.165, 1.54) is 0 Å². The summed E-state index contributed by atoms with van der Waals surface area (Å²) in [6, 6.07) is 0. The number of hydrazine groups is 1. The standard InChI is InChI=1S/C4H12N2O/c1-5(2)6(3)7-4/h1-4H3/q+1. The average Bonchev–Trinajstić information content (AvgIpc) is 1.65. The molecule has 0 heterocycles. The van der Waals surface area contributed by atoms with Crippen molar-refractivity contribution >= 4 is 0 Å². The maximum atomic E-state index is 4.77. The highest BCUT2D eigenvalue weighted by atomic mass is 16.7. The Kier molecular flexibility index (Phi) is 2.91. The van der Waals surface area contributed by atoms with E-state index in [0.717, 1.165) is 0 Å². The second-order valence-corrected chi connectivity index (χ2v) is 1.49. The van der Waals surface area contributed by atoms with Gasteiger partial charge in [0.2, 0.25) is 0 Å². The third-order valence-corrected chi connectivity index (χ3v) is 0.828. The van der Waals surface area contributed by atoms with Crippen LogP contribution in [-0.2, 0) is 4.84 Å². The molecule has 43 valence electrons. The zero-order chi connectivity index (χ0) is 5.86. The van der Waals surface area contributed by atoms with Gasteiger partial charge in [-0.1, -0.05) is 5.01 Å². The fourth-order valence-electron chi connectivity index (χ4n) is 0.163. The van der Waals surface area contributed by atoms with E-state index in [1.54, 1.807) is 12.3 Å². The molecule has 0 aliphatic heterocycles. The van der Waals surface area contributed by atoms with E-state index in [4.69, 9.17) is 4.84 Å². The molecule has 0 saturated heterocycles. The summed E-state index contributed by atoms with van der Waals surface area (Å²) in [5.41, 5.74) is 0. The van der Waals surface area contributed by atoms with Crippen LogP contribution in [0.3, 0.4) is 0 Å². The number of rotatable bonds is 2. The van der Waals surface area contributed by atoms with Gasteiger partial charge in [0, 0.05) is 14.1 Å². The first kappa shape index (κ1) is 6.88. The van der Waals surface area contributed by atoms with Gasteiger partial charge in [-0.3, -0.25) is 0 Å². The Morgan fingerprint density at radius 1 is 1.43 bits per heavy atom. The monoisotopic (exact) mass is 104 g/mol. The molecule has 0 rings (SSSR count). The molecule has 7 heavy (non-hydrogen) atoms. The molecule has 0 spiro atoms. The molecular formula is C4H12N2O+. The first-order valence-electron chi connectivity index (χ1n) is 2.13. The van der Waals surface area contributed by atoms with Crippen molar-refractivity contribution in [1.82, 2.24) is 10.2 Å². The lowest BCUT2D eigenvalue weighted by atomic mass is 11.1. The van der Waals surface area contributed by atoms with Crippen LogP contribution in [0.15, 0.2) is 0 Å². The summed E-state index contributed by atoms with van der Waals surface area (Å²) in [7, 11) is 7.27. The zero-order valence-electron chi connectivity index (χ0n) is 5.30. The molecule has 0 aromatic carbocycles. The fourth-order valence-corrected chi connectivity index (χ4v) is 0.163. The minimum Gasteiger partial charge on any atom is -0.128 e. The Morgan fingerprint density at radius 3 is 1.86 bits per heavy atom. The highest BCUT2D eigenvalue weighted by Crippen LogP contribution is 1.75. The molecule has 0 aliphatic carbocycles. The van der Waals surface area contributed by atoms with E-state index in [2.05, 4.69) is 0 Å². The van der Waals surface area contributed by atoms with Crippen LogP contribution in [0.5, 0.6) is 0 Å². The average molecular weight is 104 g/mol. The van der Waals surface area contributed by atoms with Gasteiger partial charge in [-0.05, 0) is 0 Å². The number of hydrogen-bond donors (Lipinski definition) is 0. The van der Waals surface area contributed by atoms with Gasteiger partial charge in [0.05, 0.1) is 5.17 Å². The highest BCUT2D eigenvalue weighted by molar-refractivity contribution is 4.22. The van der Waals surface area contributed by atoms with Crippen molar-refractivity contribution in [1.29, 1.82) is 0 Å². The Labute approximate surface area is 44.4 Å². The first-order valence-corrected chi connectivity index (χ1v) is 2.13. The molecule has 0 aromatic heterocycles. The Morgan fingerprint density at radius 2 is 1.86 bits per heavy atom. The van der Waals surface area contributed by atoms with Crippen LogP contribution in [0.2, 0.25) is 0 Å². The van der Waals surface area contributed by atoms with Gasteiger partial charge in [0.1, 0.15) is 7.11 Å². The molecule has 0 aromatic rings. The van der Waals surface area contributed by atoms with E-state index in [9.17, 15) is 0 Å². The van der Waals surface area contributed by atoms with Gasteiger partial charge in [-0.15, -0.1) is 4.84 Å². The van der Waals surface area contributed by atoms with Crippen molar-refractivity contribution in [3.63, 3.8) is 0 Å². The van der Waals surface area contributed by atoms with Gasteiger partial charge >= 0.3 is 0 Å². The van der Waals surface area contributed by atoms with Gasteiger partial charge in [0.15, 0.2) is 7.05 Å². The molecule has 0 saturated carbocycles. The number of nitrogens with zero attached hydrogens (tertiary/aromatic N) is 2. The quantitative estimate of drug-likeness (QED) is 0.356. The number of hydroxylamine groups is 1. The smallest absolute Gasteiger partial charge is 0.128 e. The minimum absolute atomic E-state index is 1.62. The van der Waals surface area contributed by atoms with Gasteiger partial charge < -0.3 is 0 Å². The van der Waals surface area contributed by atoms with Crippen LogP contribution >= 0.6 is 0 Å². The van der Waals surface area contributed by atoms with E-state index < -0.39 is 0 Å². The Bertz CT molecular complexity index is 47.0. The largest absolute Gasteiger partial charge is 0.175 e. The zero-order valence-corrected chi connectivity index (χ0v) is 5.30. The van der Waals surface area contributed by atoms with Crippen molar-refractivity contribution in [3.8, 4) is 0 Å². The van der Waals surface area contributed by atoms with Crippen LogP contribution in [0.4, 0.5) is 0 Å². The maximum Gasteiger partial charge on any atom is 0.175 e. The van der Waals surface area contributed by atoms with Crippen LogP contribution in [0.25, 0.3) is 0 Å².